The minimum atomic E-state index is 0.0486. The molecule has 0 amide bonds. The third kappa shape index (κ3) is 1.49. The van der Waals surface area contributed by atoms with E-state index in [1.807, 2.05) is 0 Å². The lowest BCUT2D eigenvalue weighted by molar-refractivity contribution is 0.193. The molecule has 2 aromatic carbocycles. The highest BCUT2D eigenvalue weighted by atomic mass is 16.5. The van der Waals surface area contributed by atoms with E-state index in [1.165, 1.54) is 40.7 Å². The van der Waals surface area contributed by atoms with Crippen LogP contribution < -0.4 is 4.74 Å². The van der Waals surface area contributed by atoms with Gasteiger partial charge in [-0.15, -0.1) is 0 Å². The molecular weight excluding hydrogens is 244 g/mol. The average Bonchev–Trinajstić information content (AvgIpc) is 3.11. The van der Waals surface area contributed by atoms with Crippen LogP contribution in [0.15, 0.2) is 36.4 Å². The van der Waals surface area contributed by atoms with E-state index < -0.39 is 0 Å². The molecular formula is C19H20O. The first kappa shape index (κ1) is 12.0. The molecule has 1 aliphatic heterocycles. The van der Waals surface area contributed by atoms with Crippen molar-refractivity contribution in [2.45, 2.75) is 45.1 Å². The van der Waals surface area contributed by atoms with Crippen molar-refractivity contribution in [2.24, 2.45) is 0 Å². The van der Waals surface area contributed by atoms with E-state index in [0.717, 1.165) is 5.75 Å². The van der Waals surface area contributed by atoms with Gasteiger partial charge in [0.2, 0.25) is 0 Å². The van der Waals surface area contributed by atoms with E-state index in [0.29, 0.717) is 5.92 Å². The molecule has 0 bridgehead atoms. The Morgan fingerprint density at radius 3 is 2.35 bits per heavy atom. The number of ether oxygens (including phenoxy) is 1. The molecule has 20 heavy (non-hydrogen) atoms. The van der Waals surface area contributed by atoms with Crippen LogP contribution in [-0.2, 0) is 0 Å². The summed E-state index contributed by atoms with van der Waals surface area (Å²) in [7, 11) is 0. The molecule has 0 saturated heterocycles. The van der Waals surface area contributed by atoms with Crippen LogP contribution in [0.4, 0.5) is 0 Å². The van der Waals surface area contributed by atoms with Crippen LogP contribution in [0, 0.1) is 20.8 Å². The van der Waals surface area contributed by atoms with E-state index >= 15 is 0 Å². The second kappa shape index (κ2) is 3.88. The molecule has 2 aliphatic rings. The summed E-state index contributed by atoms with van der Waals surface area (Å²) in [4.78, 5) is 0. The lowest BCUT2D eigenvalue weighted by Gasteiger charge is -2.19. The zero-order valence-electron chi connectivity index (χ0n) is 12.4. The number of rotatable bonds is 1. The number of benzene rings is 2. The minimum Gasteiger partial charge on any atom is -0.486 e. The fourth-order valence-electron chi connectivity index (χ4n) is 3.72. The number of aryl methyl sites for hydroxylation is 2. The van der Waals surface area contributed by atoms with Crippen molar-refractivity contribution in [3.63, 3.8) is 0 Å². The summed E-state index contributed by atoms with van der Waals surface area (Å²) in [6.07, 6.45) is 2.36. The molecule has 1 heterocycles. The van der Waals surface area contributed by atoms with E-state index in [1.54, 1.807) is 0 Å². The predicted molar refractivity (Wildman–Crippen MR) is 81.5 cm³/mol. The molecule has 102 valence electrons. The minimum absolute atomic E-state index is 0.0486. The smallest absolute Gasteiger partial charge is 0.127 e. The Morgan fingerprint density at radius 1 is 1.00 bits per heavy atom. The summed E-state index contributed by atoms with van der Waals surface area (Å²) in [5.41, 5.74) is 6.90. The zero-order valence-corrected chi connectivity index (χ0v) is 12.4. The Morgan fingerprint density at radius 2 is 1.70 bits per heavy atom. The standard InChI is InChI=1S/C19H20O/c1-12-11-13(2)16-17(15-7-5-4-6-8-15)19(9-10-19)20-18(16)14(12)3/h4-8,11,17H,9-10H2,1-3H3. The quantitative estimate of drug-likeness (QED) is 0.727. The Labute approximate surface area is 120 Å². The Bertz CT molecular complexity index is 681. The van der Waals surface area contributed by atoms with E-state index in [2.05, 4.69) is 57.2 Å². The SMILES string of the molecule is Cc1cc(C)c2c(c1C)OC1(CC1)C2c1ccccc1. The first-order valence-electron chi connectivity index (χ1n) is 7.47. The molecule has 0 aromatic heterocycles. The molecule has 1 nitrogen and oxygen atoms in total. The molecule has 1 spiro atoms. The Hall–Kier alpha value is -1.76. The molecule has 0 radical (unpaired) electrons. The fraction of sp³-hybridized carbons (Fsp3) is 0.368. The van der Waals surface area contributed by atoms with Crippen LogP contribution in [-0.4, -0.2) is 5.60 Å². The van der Waals surface area contributed by atoms with Crippen molar-refractivity contribution >= 4 is 0 Å². The van der Waals surface area contributed by atoms with Gasteiger partial charge in [0, 0.05) is 5.56 Å². The molecule has 1 heteroatoms. The third-order valence-electron chi connectivity index (χ3n) is 5.03. The van der Waals surface area contributed by atoms with Crippen LogP contribution in [0.1, 0.15) is 46.6 Å². The van der Waals surface area contributed by atoms with Crippen molar-refractivity contribution < 1.29 is 4.74 Å². The monoisotopic (exact) mass is 264 g/mol. The normalized spacial score (nSPS) is 21.6. The van der Waals surface area contributed by atoms with Crippen LogP contribution in [0.2, 0.25) is 0 Å². The zero-order chi connectivity index (χ0) is 13.9. The van der Waals surface area contributed by atoms with Gasteiger partial charge in [-0.05, 0) is 55.9 Å². The lowest BCUT2D eigenvalue weighted by Crippen LogP contribution is -2.21. The molecule has 2 aromatic rings. The maximum Gasteiger partial charge on any atom is 0.127 e. The maximum absolute atomic E-state index is 6.46. The Balaban J connectivity index is 1.96. The molecule has 1 unspecified atom stereocenters. The van der Waals surface area contributed by atoms with Crippen molar-refractivity contribution in [3.05, 3.63) is 64.2 Å². The predicted octanol–water partition coefficient (Wildman–Crippen LogP) is 4.67. The lowest BCUT2D eigenvalue weighted by atomic mass is 9.83. The second-order valence-electron chi connectivity index (χ2n) is 6.39. The van der Waals surface area contributed by atoms with Gasteiger partial charge >= 0.3 is 0 Å². The van der Waals surface area contributed by atoms with Gasteiger partial charge in [-0.25, -0.2) is 0 Å². The van der Waals surface area contributed by atoms with Gasteiger partial charge in [0.1, 0.15) is 11.4 Å². The van der Waals surface area contributed by atoms with Gasteiger partial charge in [0.15, 0.2) is 0 Å². The summed E-state index contributed by atoms with van der Waals surface area (Å²) < 4.78 is 6.46. The van der Waals surface area contributed by atoms with Crippen LogP contribution >= 0.6 is 0 Å². The summed E-state index contributed by atoms with van der Waals surface area (Å²) in [6.45, 7) is 6.60. The summed E-state index contributed by atoms with van der Waals surface area (Å²) in [5, 5.41) is 0. The molecule has 1 atom stereocenters. The van der Waals surface area contributed by atoms with Crippen LogP contribution in [0.5, 0.6) is 5.75 Å². The number of fused-ring (bicyclic) bond motifs is 1. The topological polar surface area (TPSA) is 9.23 Å². The highest BCUT2D eigenvalue weighted by Crippen LogP contribution is 2.61. The first-order valence-corrected chi connectivity index (χ1v) is 7.47. The largest absolute Gasteiger partial charge is 0.486 e. The van der Waals surface area contributed by atoms with Gasteiger partial charge in [0.05, 0.1) is 5.92 Å². The van der Waals surface area contributed by atoms with E-state index in [4.69, 9.17) is 4.74 Å². The average molecular weight is 264 g/mol. The Kier molecular flexibility index (Phi) is 2.33. The highest BCUT2D eigenvalue weighted by molar-refractivity contribution is 5.59. The van der Waals surface area contributed by atoms with Crippen molar-refractivity contribution in [1.82, 2.24) is 0 Å². The summed E-state index contributed by atoms with van der Waals surface area (Å²) in [6, 6.07) is 13.2. The van der Waals surface area contributed by atoms with Crippen LogP contribution in [0.3, 0.4) is 0 Å². The third-order valence-corrected chi connectivity index (χ3v) is 5.03. The van der Waals surface area contributed by atoms with Crippen LogP contribution in [0.25, 0.3) is 0 Å². The van der Waals surface area contributed by atoms with Gasteiger partial charge in [-0.2, -0.15) is 0 Å². The van der Waals surface area contributed by atoms with E-state index in [9.17, 15) is 0 Å². The summed E-state index contributed by atoms with van der Waals surface area (Å²) in [5.74, 6) is 1.58. The highest BCUT2D eigenvalue weighted by Gasteiger charge is 2.58. The van der Waals surface area contributed by atoms with Crippen molar-refractivity contribution in [2.75, 3.05) is 0 Å². The van der Waals surface area contributed by atoms with E-state index in [-0.39, 0.29) is 5.60 Å². The van der Waals surface area contributed by atoms with Gasteiger partial charge < -0.3 is 4.74 Å². The number of hydrogen-bond acceptors (Lipinski definition) is 1. The number of hydrogen-bond donors (Lipinski definition) is 0. The molecule has 1 fully saturated rings. The molecule has 1 aliphatic carbocycles. The van der Waals surface area contributed by atoms with Gasteiger partial charge in [0.25, 0.3) is 0 Å². The molecule has 0 N–H and O–H groups in total. The van der Waals surface area contributed by atoms with Gasteiger partial charge in [-0.3, -0.25) is 0 Å². The van der Waals surface area contributed by atoms with Crippen molar-refractivity contribution in [3.8, 4) is 5.75 Å². The summed E-state index contributed by atoms with van der Waals surface area (Å²) >= 11 is 0. The second-order valence-corrected chi connectivity index (χ2v) is 6.39. The fourth-order valence-corrected chi connectivity index (χ4v) is 3.72. The molecule has 1 saturated carbocycles. The van der Waals surface area contributed by atoms with Gasteiger partial charge in [-0.1, -0.05) is 36.4 Å². The van der Waals surface area contributed by atoms with Crippen molar-refractivity contribution in [1.29, 1.82) is 0 Å². The maximum atomic E-state index is 6.46. The first-order chi connectivity index (χ1) is 9.62. The molecule has 4 rings (SSSR count).